The normalized spacial score (nSPS) is 28.0. The number of amides is 1. The summed E-state index contributed by atoms with van der Waals surface area (Å²) in [5.74, 6) is 1.03. The van der Waals surface area contributed by atoms with E-state index < -0.39 is 0 Å². The van der Waals surface area contributed by atoms with Gasteiger partial charge in [0.2, 0.25) is 5.91 Å². The van der Waals surface area contributed by atoms with E-state index in [1.54, 1.807) is 0 Å². The first-order valence-electron chi connectivity index (χ1n) is 6.05. The van der Waals surface area contributed by atoms with E-state index in [0.29, 0.717) is 12.5 Å². The Morgan fingerprint density at radius 2 is 2.00 bits per heavy atom. The summed E-state index contributed by atoms with van der Waals surface area (Å²) in [6.07, 6.45) is 4.27. The Hall–Kier alpha value is -0.610. The van der Waals surface area contributed by atoms with Crippen LogP contribution in [0.3, 0.4) is 0 Å². The average Bonchev–Trinajstić information content (AvgIpc) is 2.66. The van der Waals surface area contributed by atoms with E-state index in [0.717, 1.165) is 38.5 Å². The summed E-state index contributed by atoms with van der Waals surface area (Å²) in [5, 5.41) is 9.82. The highest BCUT2D eigenvalue weighted by Gasteiger charge is 2.20. The summed E-state index contributed by atoms with van der Waals surface area (Å²) in [6, 6.07) is 0.374. The van der Waals surface area contributed by atoms with Crippen LogP contribution in [0.1, 0.15) is 25.7 Å². The molecule has 2 aliphatic heterocycles. The Balaban J connectivity index is 1.56. The second-order valence-corrected chi connectivity index (χ2v) is 4.65. The number of hydrogen-bond donors (Lipinski definition) is 3. The fourth-order valence-electron chi connectivity index (χ4n) is 2.38. The minimum Gasteiger partial charge on any atom is -0.352 e. The summed E-state index contributed by atoms with van der Waals surface area (Å²) < 4.78 is 0. The number of hydrogen-bond acceptors (Lipinski definition) is 3. The molecule has 2 rings (SSSR count). The fourth-order valence-corrected chi connectivity index (χ4v) is 2.38. The molecule has 2 aliphatic rings. The highest BCUT2D eigenvalue weighted by atomic mass is 16.1. The van der Waals surface area contributed by atoms with Crippen molar-refractivity contribution in [2.24, 2.45) is 5.92 Å². The number of piperidine rings is 1. The van der Waals surface area contributed by atoms with Gasteiger partial charge in [-0.05, 0) is 44.8 Å². The summed E-state index contributed by atoms with van der Waals surface area (Å²) in [5.41, 5.74) is 0. The van der Waals surface area contributed by atoms with E-state index in [2.05, 4.69) is 16.0 Å². The monoisotopic (exact) mass is 211 g/mol. The highest BCUT2D eigenvalue weighted by molar-refractivity contribution is 5.78. The summed E-state index contributed by atoms with van der Waals surface area (Å²) in [7, 11) is 0. The molecule has 3 N–H and O–H groups in total. The van der Waals surface area contributed by atoms with Gasteiger partial charge >= 0.3 is 0 Å². The van der Waals surface area contributed by atoms with Crippen molar-refractivity contribution in [2.75, 3.05) is 26.2 Å². The quantitative estimate of drug-likeness (QED) is 0.606. The third kappa shape index (κ3) is 3.47. The number of carbonyl (C=O) groups excluding carboxylic acids is 1. The maximum absolute atomic E-state index is 11.0. The van der Waals surface area contributed by atoms with E-state index in [1.165, 1.54) is 12.8 Å². The van der Waals surface area contributed by atoms with Gasteiger partial charge in [-0.15, -0.1) is 0 Å². The van der Waals surface area contributed by atoms with Gasteiger partial charge in [0.25, 0.3) is 0 Å². The number of carbonyl (C=O) groups is 1. The second-order valence-electron chi connectivity index (χ2n) is 4.65. The molecule has 1 unspecified atom stereocenters. The van der Waals surface area contributed by atoms with Crippen molar-refractivity contribution in [3.63, 3.8) is 0 Å². The summed E-state index contributed by atoms with van der Waals surface area (Å²) in [4.78, 5) is 11.0. The van der Waals surface area contributed by atoms with Gasteiger partial charge in [-0.25, -0.2) is 0 Å². The first kappa shape index (κ1) is 10.9. The van der Waals surface area contributed by atoms with Gasteiger partial charge in [-0.2, -0.15) is 0 Å². The lowest BCUT2D eigenvalue weighted by Gasteiger charge is -2.23. The molecule has 86 valence electrons. The zero-order chi connectivity index (χ0) is 10.5. The Morgan fingerprint density at radius 1 is 1.20 bits per heavy atom. The van der Waals surface area contributed by atoms with Crippen LogP contribution in [0, 0.1) is 5.92 Å². The minimum atomic E-state index is 0.212. The molecule has 4 nitrogen and oxygen atoms in total. The van der Waals surface area contributed by atoms with Gasteiger partial charge in [-0.1, -0.05) is 0 Å². The predicted molar refractivity (Wildman–Crippen MR) is 59.6 cm³/mol. The zero-order valence-electron chi connectivity index (χ0n) is 9.22. The first-order valence-corrected chi connectivity index (χ1v) is 6.05. The lowest BCUT2D eigenvalue weighted by Crippen LogP contribution is -2.39. The van der Waals surface area contributed by atoms with E-state index in [-0.39, 0.29) is 5.91 Å². The van der Waals surface area contributed by atoms with Crippen LogP contribution in [-0.2, 0) is 4.79 Å². The molecule has 0 saturated carbocycles. The van der Waals surface area contributed by atoms with Gasteiger partial charge < -0.3 is 16.0 Å². The van der Waals surface area contributed by atoms with Gasteiger partial charge in [-0.3, -0.25) is 4.79 Å². The van der Waals surface area contributed by atoms with Gasteiger partial charge in [0.15, 0.2) is 0 Å². The Bertz CT molecular complexity index is 214. The van der Waals surface area contributed by atoms with Crippen LogP contribution in [0.15, 0.2) is 0 Å². The third-order valence-electron chi connectivity index (χ3n) is 3.37. The zero-order valence-corrected chi connectivity index (χ0v) is 9.22. The van der Waals surface area contributed by atoms with Gasteiger partial charge in [0.05, 0.1) is 0 Å². The maximum Gasteiger partial charge on any atom is 0.220 e. The van der Waals surface area contributed by atoms with Crippen LogP contribution in [0.4, 0.5) is 0 Å². The molecule has 4 heteroatoms. The molecule has 2 fully saturated rings. The largest absolute Gasteiger partial charge is 0.352 e. The Morgan fingerprint density at radius 3 is 2.67 bits per heavy atom. The standard InChI is InChI=1S/C11H21N3O/c15-11-2-1-10(14-11)8-13-7-9-3-5-12-6-4-9/h9-10,12-13H,1-8H2,(H,14,15). The van der Waals surface area contributed by atoms with Crippen molar-refractivity contribution in [1.82, 2.24) is 16.0 Å². The van der Waals surface area contributed by atoms with Crippen LogP contribution in [-0.4, -0.2) is 38.1 Å². The van der Waals surface area contributed by atoms with Crippen LogP contribution in [0.2, 0.25) is 0 Å². The van der Waals surface area contributed by atoms with Crippen molar-refractivity contribution in [3.8, 4) is 0 Å². The van der Waals surface area contributed by atoms with Crippen LogP contribution in [0.5, 0.6) is 0 Å². The molecule has 0 radical (unpaired) electrons. The van der Waals surface area contributed by atoms with Crippen molar-refractivity contribution >= 4 is 5.91 Å². The smallest absolute Gasteiger partial charge is 0.220 e. The van der Waals surface area contributed by atoms with E-state index >= 15 is 0 Å². The number of rotatable bonds is 4. The van der Waals surface area contributed by atoms with Crippen molar-refractivity contribution in [1.29, 1.82) is 0 Å². The molecule has 2 saturated heterocycles. The van der Waals surface area contributed by atoms with Gasteiger partial charge in [0, 0.05) is 19.0 Å². The van der Waals surface area contributed by atoms with Crippen molar-refractivity contribution in [2.45, 2.75) is 31.7 Å². The van der Waals surface area contributed by atoms with E-state index in [9.17, 15) is 4.79 Å². The molecule has 15 heavy (non-hydrogen) atoms. The molecule has 0 aromatic rings. The lowest BCUT2D eigenvalue weighted by atomic mass is 9.98. The Labute approximate surface area is 91.2 Å². The van der Waals surface area contributed by atoms with Crippen molar-refractivity contribution in [3.05, 3.63) is 0 Å². The molecule has 2 heterocycles. The van der Waals surface area contributed by atoms with Crippen molar-refractivity contribution < 1.29 is 4.79 Å². The first-order chi connectivity index (χ1) is 7.34. The second kappa shape index (κ2) is 5.47. The number of nitrogens with one attached hydrogen (secondary N) is 3. The van der Waals surface area contributed by atoms with Gasteiger partial charge in [0.1, 0.15) is 0 Å². The van der Waals surface area contributed by atoms with Crippen LogP contribution < -0.4 is 16.0 Å². The third-order valence-corrected chi connectivity index (χ3v) is 3.37. The summed E-state index contributed by atoms with van der Waals surface area (Å²) in [6.45, 7) is 4.36. The van der Waals surface area contributed by atoms with E-state index in [1.807, 2.05) is 0 Å². The SMILES string of the molecule is O=C1CCC(CNCC2CCNCC2)N1. The molecule has 0 bridgehead atoms. The average molecular weight is 211 g/mol. The minimum absolute atomic E-state index is 0.212. The summed E-state index contributed by atoms with van der Waals surface area (Å²) >= 11 is 0. The highest BCUT2D eigenvalue weighted by Crippen LogP contribution is 2.10. The fraction of sp³-hybridized carbons (Fsp3) is 0.909. The maximum atomic E-state index is 11.0. The Kier molecular flexibility index (Phi) is 3.97. The van der Waals surface area contributed by atoms with Crippen LogP contribution >= 0.6 is 0 Å². The predicted octanol–water partition coefficient (Wildman–Crippen LogP) is -0.146. The molecule has 0 aromatic carbocycles. The topological polar surface area (TPSA) is 53.2 Å². The molecule has 1 atom stereocenters. The lowest BCUT2D eigenvalue weighted by molar-refractivity contribution is -0.119. The molecular weight excluding hydrogens is 190 g/mol. The molecular formula is C11H21N3O. The molecule has 0 aromatic heterocycles. The molecule has 1 amide bonds. The molecule has 0 spiro atoms. The van der Waals surface area contributed by atoms with E-state index in [4.69, 9.17) is 0 Å². The van der Waals surface area contributed by atoms with Crippen LogP contribution in [0.25, 0.3) is 0 Å². The molecule has 0 aliphatic carbocycles.